The fraction of sp³-hybridized carbons (Fsp3) is 0.0769. The quantitative estimate of drug-likeness (QED) is 0.346. The topological polar surface area (TPSA) is 96.5 Å². The summed E-state index contributed by atoms with van der Waals surface area (Å²) in [5.74, 6) is -1.73. The standard InChI is InChI=1S/C26H19FN4O3/c1-16-7-5-9-19(13-16)29-24(32)18(15-28)14-20-25(34-22-11-4-3-10-21(22)27)30-23-17(2)8-6-12-31(23)26(20)33/h3-14H,1-2H3,(H,29,32)/b18-14-. The van der Waals surface area contributed by atoms with E-state index in [0.717, 1.165) is 11.6 Å². The number of rotatable bonds is 5. The Kier molecular flexibility index (Phi) is 6.19. The van der Waals surface area contributed by atoms with Crippen LogP contribution in [-0.2, 0) is 4.79 Å². The van der Waals surface area contributed by atoms with Crippen molar-refractivity contribution in [2.75, 3.05) is 5.32 Å². The molecule has 0 fully saturated rings. The number of hydrogen-bond acceptors (Lipinski definition) is 5. The molecule has 8 heteroatoms. The van der Waals surface area contributed by atoms with Crippen molar-refractivity contribution in [3.05, 3.63) is 105 Å². The molecule has 34 heavy (non-hydrogen) atoms. The van der Waals surface area contributed by atoms with Crippen molar-refractivity contribution in [2.24, 2.45) is 0 Å². The van der Waals surface area contributed by atoms with Crippen LogP contribution < -0.4 is 15.6 Å². The average Bonchev–Trinajstić information content (AvgIpc) is 2.81. The first-order valence-corrected chi connectivity index (χ1v) is 10.3. The minimum atomic E-state index is -0.710. The molecule has 1 N–H and O–H groups in total. The summed E-state index contributed by atoms with van der Waals surface area (Å²) in [4.78, 5) is 30.5. The zero-order chi connectivity index (χ0) is 24.2. The van der Waals surface area contributed by atoms with Gasteiger partial charge in [0.25, 0.3) is 11.5 Å². The van der Waals surface area contributed by atoms with Crippen LogP contribution in [-0.4, -0.2) is 15.3 Å². The van der Waals surface area contributed by atoms with Crippen LogP contribution in [0.3, 0.4) is 0 Å². The third kappa shape index (κ3) is 4.54. The maximum atomic E-state index is 14.3. The molecule has 4 rings (SSSR count). The highest BCUT2D eigenvalue weighted by Gasteiger charge is 2.19. The monoisotopic (exact) mass is 454 g/mol. The van der Waals surface area contributed by atoms with Crippen molar-refractivity contribution in [3.8, 4) is 17.7 Å². The molecular weight excluding hydrogens is 435 g/mol. The van der Waals surface area contributed by atoms with Crippen LogP contribution in [0.15, 0.2) is 77.2 Å². The van der Waals surface area contributed by atoms with Gasteiger partial charge in [0.2, 0.25) is 5.88 Å². The van der Waals surface area contributed by atoms with E-state index in [0.29, 0.717) is 16.9 Å². The fourth-order valence-electron chi connectivity index (χ4n) is 3.34. The van der Waals surface area contributed by atoms with Crippen molar-refractivity contribution in [3.63, 3.8) is 0 Å². The normalized spacial score (nSPS) is 11.2. The molecule has 4 aromatic rings. The summed E-state index contributed by atoms with van der Waals surface area (Å²) in [6.45, 7) is 3.63. The first kappa shape index (κ1) is 22.4. The molecule has 7 nitrogen and oxygen atoms in total. The highest BCUT2D eigenvalue weighted by molar-refractivity contribution is 6.09. The third-order valence-electron chi connectivity index (χ3n) is 5.02. The van der Waals surface area contributed by atoms with Crippen LogP contribution >= 0.6 is 0 Å². The number of nitrogens with zero attached hydrogens (tertiary/aromatic N) is 3. The summed E-state index contributed by atoms with van der Waals surface area (Å²) < 4.78 is 21.2. The highest BCUT2D eigenvalue weighted by Crippen LogP contribution is 2.27. The Morgan fingerprint density at radius 2 is 1.94 bits per heavy atom. The molecule has 2 heterocycles. The van der Waals surface area contributed by atoms with Crippen LogP contribution in [0.4, 0.5) is 10.1 Å². The minimum absolute atomic E-state index is 0.148. The number of pyridine rings is 1. The van der Waals surface area contributed by atoms with E-state index in [1.165, 1.54) is 28.8 Å². The number of carbonyl (C=O) groups is 1. The number of ether oxygens (including phenoxy) is 1. The largest absolute Gasteiger partial charge is 0.435 e. The zero-order valence-corrected chi connectivity index (χ0v) is 18.4. The molecule has 0 unspecified atom stereocenters. The molecule has 0 saturated carbocycles. The lowest BCUT2D eigenvalue weighted by atomic mass is 10.1. The van der Waals surface area contributed by atoms with Gasteiger partial charge in [-0.3, -0.25) is 14.0 Å². The number of fused-ring (bicyclic) bond motifs is 1. The van der Waals surface area contributed by atoms with Gasteiger partial charge in [-0.2, -0.15) is 10.2 Å². The van der Waals surface area contributed by atoms with Gasteiger partial charge in [-0.15, -0.1) is 0 Å². The minimum Gasteiger partial charge on any atom is -0.435 e. The molecule has 0 aliphatic heterocycles. The van der Waals surface area contributed by atoms with E-state index in [1.807, 2.05) is 19.1 Å². The molecule has 0 bridgehead atoms. The SMILES string of the molecule is Cc1cccc(NC(=O)/C(C#N)=C\c2c(Oc3ccccc3F)nc3c(C)cccn3c2=O)c1. The van der Waals surface area contributed by atoms with Crippen LogP contribution in [0, 0.1) is 31.0 Å². The number of aromatic nitrogens is 2. The molecule has 0 atom stereocenters. The fourth-order valence-corrected chi connectivity index (χ4v) is 3.34. The smallest absolute Gasteiger partial charge is 0.269 e. The van der Waals surface area contributed by atoms with Crippen molar-refractivity contribution in [2.45, 2.75) is 13.8 Å². The predicted octanol–water partition coefficient (Wildman–Crippen LogP) is 4.79. The van der Waals surface area contributed by atoms with Gasteiger partial charge in [0.1, 0.15) is 22.9 Å². The number of nitrogens with one attached hydrogen (secondary N) is 1. The number of carbonyl (C=O) groups excluding carboxylic acids is 1. The molecule has 0 aliphatic carbocycles. The Hall–Kier alpha value is -4.77. The van der Waals surface area contributed by atoms with Gasteiger partial charge in [0, 0.05) is 11.9 Å². The van der Waals surface area contributed by atoms with Crippen molar-refractivity contribution < 1.29 is 13.9 Å². The zero-order valence-electron chi connectivity index (χ0n) is 18.4. The Balaban J connectivity index is 1.85. The number of hydrogen-bond donors (Lipinski definition) is 1. The number of aryl methyl sites for hydroxylation is 2. The first-order valence-electron chi connectivity index (χ1n) is 10.3. The lowest BCUT2D eigenvalue weighted by molar-refractivity contribution is -0.112. The Bertz CT molecular complexity index is 1550. The van der Waals surface area contributed by atoms with Crippen molar-refractivity contribution in [1.82, 2.24) is 9.38 Å². The summed E-state index contributed by atoms with van der Waals surface area (Å²) in [5.41, 5.74) is 1.33. The Morgan fingerprint density at radius 3 is 2.68 bits per heavy atom. The number of halogens is 1. The number of amides is 1. The van der Waals surface area contributed by atoms with Gasteiger partial charge in [-0.1, -0.05) is 30.3 Å². The summed E-state index contributed by atoms with van der Waals surface area (Å²) in [6.07, 6.45) is 2.62. The van der Waals surface area contributed by atoms with E-state index in [2.05, 4.69) is 10.3 Å². The van der Waals surface area contributed by atoms with Crippen LogP contribution in [0.5, 0.6) is 11.6 Å². The Morgan fingerprint density at radius 1 is 1.15 bits per heavy atom. The van der Waals surface area contributed by atoms with Gasteiger partial charge in [-0.05, 0) is 61.4 Å². The second kappa shape index (κ2) is 9.38. The number of benzene rings is 2. The number of anilines is 1. The average molecular weight is 454 g/mol. The summed E-state index contributed by atoms with van der Waals surface area (Å²) in [6, 6.07) is 18.0. The third-order valence-corrected chi connectivity index (χ3v) is 5.02. The lowest BCUT2D eigenvalue weighted by Gasteiger charge is -2.12. The summed E-state index contributed by atoms with van der Waals surface area (Å²) >= 11 is 0. The van der Waals surface area contributed by atoms with E-state index < -0.39 is 17.3 Å². The maximum absolute atomic E-state index is 14.3. The first-order chi connectivity index (χ1) is 16.4. The molecular formula is C26H19FN4O3. The summed E-state index contributed by atoms with van der Waals surface area (Å²) in [5, 5.41) is 12.3. The van der Waals surface area contributed by atoms with Gasteiger partial charge >= 0.3 is 0 Å². The van der Waals surface area contributed by atoms with Crippen LogP contribution in [0.25, 0.3) is 11.7 Å². The molecule has 1 amide bonds. The Labute approximate surface area is 194 Å². The van der Waals surface area contributed by atoms with Crippen molar-refractivity contribution in [1.29, 1.82) is 5.26 Å². The molecule has 0 radical (unpaired) electrons. The van der Waals surface area contributed by atoms with Gasteiger partial charge in [0.05, 0.1) is 0 Å². The molecule has 2 aromatic heterocycles. The van der Waals surface area contributed by atoms with E-state index in [9.17, 15) is 19.2 Å². The lowest BCUT2D eigenvalue weighted by Crippen LogP contribution is -2.21. The van der Waals surface area contributed by atoms with Crippen LogP contribution in [0.2, 0.25) is 0 Å². The van der Waals surface area contributed by atoms with E-state index >= 15 is 0 Å². The molecule has 0 aliphatic rings. The second-order valence-electron chi connectivity index (χ2n) is 7.55. The summed E-state index contributed by atoms with van der Waals surface area (Å²) in [7, 11) is 0. The molecule has 0 saturated heterocycles. The maximum Gasteiger partial charge on any atom is 0.269 e. The molecule has 2 aromatic carbocycles. The molecule has 0 spiro atoms. The van der Waals surface area contributed by atoms with Gasteiger partial charge < -0.3 is 10.1 Å². The van der Waals surface area contributed by atoms with Crippen molar-refractivity contribution >= 4 is 23.3 Å². The molecule has 168 valence electrons. The number of para-hydroxylation sites is 1. The van der Waals surface area contributed by atoms with Crippen LogP contribution in [0.1, 0.15) is 16.7 Å². The predicted molar refractivity (Wildman–Crippen MR) is 126 cm³/mol. The van der Waals surface area contributed by atoms with E-state index in [4.69, 9.17) is 4.74 Å². The van der Waals surface area contributed by atoms with Gasteiger partial charge in [-0.25, -0.2) is 4.39 Å². The number of nitriles is 1. The highest BCUT2D eigenvalue weighted by atomic mass is 19.1. The van der Waals surface area contributed by atoms with E-state index in [1.54, 1.807) is 43.3 Å². The van der Waals surface area contributed by atoms with Gasteiger partial charge in [0.15, 0.2) is 11.6 Å². The van der Waals surface area contributed by atoms with E-state index in [-0.39, 0.29) is 22.8 Å². The second-order valence-corrected chi connectivity index (χ2v) is 7.55.